The Morgan fingerprint density at radius 3 is 2.49 bits per heavy atom. The standard InChI is InChI=1S/C21H17F3N4O6S/c1-11(12-5-7-13(8-6-12)34-21(22,23)24)25-17(30)9-28-19(31)14-3-2-4-16(18(14)26-27-28)35-10-15(29)20(32)33/h2-8,11H,9-10H2,1H3,(H,25,30)(H,32,33)/t11-/m0/s1. The van der Waals surface area contributed by atoms with Gasteiger partial charge in [-0.15, -0.1) is 30.0 Å². The smallest absolute Gasteiger partial charge is 0.475 e. The third-order valence-corrected chi connectivity index (χ3v) is 5.65. The Labute approximate surface area is 199 Å². The lowest BCUT2D eigenvalue weighted by Gasteiger charge is -2.15. The SMILES string of the molecule is C[C@H](NC(=O)Cn1nnc2c(SCC(=O)C(=O)O)cccc2c1=O)c1ccc(OC(F)(F)F)cc1. The fourth-order valence-corrected chi connectivity index (χ4v) is 3.84. The predicted octanol–water partition coefficient (Wildman–Crippen LogP) is 2.31. The second kappa shape index (κ2) is 10.5. The average Bonchev–Trinajstić information content (AvgIpc) is 2.78. The van der Waals surface area contributed by atoms with Crippen LogP contribution in [-0.4, -0.2) is 49.9 Å². The molecule has 10 nitrogen and oxygen atoms in total. The van der Waals surface area contributed by atoms with Gasteiger partial charge < -0.3 is 15.2 Å². The van der Waals surface area contributed by atoms with Crippen LogP contribution in [0.1, 0.15) is 18.5 Å². The summed E-state index contributed by atoms with van der Waals surface area (Å²) in [5.41, 5.74) is 0.0349. The maximum absolute atomic E-state index is 12.8. The number of rotatable bonds is 9. The molecule has 2 aromatic carbocycles. The highest BCUT2D eigenvalue weighted by Gasteiger charge is 2.31. The quantitative estimate of drug-likeness (QED) is 0.328. The number of hydrogen-bond donors (Lipinski definition) is 2. The van der Waals surface area contributed by atoms with Gasteiger partial charge in [0.15, 0.2) is 0 Å². The van der Waals surface area contributed by atoms with E-state index in [2.05, 4.69) is 20.4 Å². The fraction of sp³-hybridized carbons (Fsp3) is 0.238. The van der Waals surface area contributed by atoms with Crippen LogP contribution in [0.2, 0.25) is 0 Å². The zero-order valence-electron chi connectivity index (χ0n) is 17.9. The van der Waals surface area contributed by atoms with Crippen molar-refractivity contribution >= 4 is 40.3 Å². The molecule has 1 heterocycles. The van der Waals surface area contributed by atoms with E-state index in [9.17, 15) is 32.3 Å². The molecular formula is C21H17F3N4O6S. The molecule has 0 bridgehead atoms. The van der Waals surface area contributed by atoms with Gasteiger partial charge in [0, 0.05) is 4.90 Å². The first-order valence-corrected chi connectivity index (χ1v) is 10.8. The van der Waals surface area contributed by atoms with Gasteiger partial charge in [0.2, 0.25) is 11.7 Å². The molecule has 0 saturated heterocycles. The van der Waals surface area contributed by atoms with Crippen molar-refractivity contribution in [2.75, 3.05) is 5.75 Å². The zero-order chi connectivity index (χ0) is 25.8. The van der Waals surface area contributed by atoms with Gasteiger partial charge in [-0.2, -0.15) is 0 Å². The monoisotopic (exact) mass is 510 g/mol. The molecule has 3 rings (SSSR count). The van der Waals surface area contributed by atoms with Crippen molar-refractivity contribution in [1.29, 1.82) is 0 Å². The van der Waals surface area contributed by atoms with Crippen molar-refractivity contribution in [2.24, 2.45) is 0 Å². The lowest BCUT2D eigenvalue weighted by Crippen LogP contribution is -2.35. The summed E-state index contributed by atoms with van der Waals surface area (Å²) in [7, 11) is 0. The normalized spacial score (nSPS) is 12.2. The van der Waals surface area contributed by atoms with E-state index in [4.69, 9.17) is 5.11 Å². The number of Topliss-reactive ketones (excluding diaryl/α,β-unsaturated/α-hetero) is 1. The topological polar surface area (TPSA) is 140 Å². The van der Waals surface area contributed by atoms with Crippen molar-refractivity contribution < 1.29 is 37.4 Å². The first-order valence-electron chi connectivity index (χ1n) is 9.85. The zero-order valence-corrected chi connectivity index (χ0v) is 18.7. The fourth-order valence-electron chi connectivity index (χ4n) is 2.97. The molecule has 0 aliphatic heterocycles. The molecule has 0 unspecified atom stereocenters. The highest BCUT2D eigenvalue weighted by atomic mass is 32.2. The number of hydrogen-bond acceptors (Lipinski definition) is 8. The number of benzene rings is 2. The molecule has 0 spiro atoms. The molecule has 0 aliphatic rings. The number of ketones is 1. The van der Waals surface area contributed by atoms with Crippen molar-refractivity contribution in [3.8, 4) is 5.75 Å². The minimum absolute atomic E-state index is 0.119. The van der Waals surface area contributed by atoms with E-state index in [1.165, 1.54) is 24.3 Å². The molecule has 0 radical (unpaired) electrons. The summed E-state index contributed by atoms with van der Waals surface area (Å²) < 4.78 is 41.5. The number of amides is 1. The highest BCUT2D eigenvalue weighted by Crippen LogP contribution is 2.25. The molecule has 1 aromatic heterocycles. The lowest BCUT2D eigenvalue weighted by atomic mass is 10.1. The molecule has 35 heavy (non-hydrogen) atoms. The van der Waals surface area contributed by atoms with E-state index in [0.29, 0.717) is 10.5 Å². The van der Waals surface area contributed by atoms with Crippen LogP contribution in [0.15, 0.2) is 52.2 Å². The van der Waals surface area contributed by atoms with E-state index in [1.807, 2.05) is 0 Å². The molecule has 184 valence electrons. The van der Waals surface area contributed by atoms with Crippen LogP contribution < -0.4 is 15.6 Å². The molecule has 3 aromatic rings. The number of carboxylic acid groups (broad SMARTS) is 1. The number of aromatic nitrogens is 3. The van der Waals surface area contributed by atoms with E-state index in [1.54, 1.807) is 13.0 Å². The van der Waals surface area contributed by atoms with Gasteiger partial charge in [-0.25, -0.2) is 9.48 Å². The summed E-state index contributed by atoms with van der Waals surface area (Å²) in [4.78, 5) is 47.6. The average molecular weight is 510 g/mol. The van der Waals surface area contributed by atoms with Crippen molar-refractivity contribution in [1.82, 2.24) is 20.3 Å². The molecule has 0 fully saturated rings. The van der Waals surface area contributed by atoms with Crippen molar-refractivity contribution in [3.63, 3.8) is 0 Å². The van der Waals surface area contributed by atoms with Gasteiger partial charge in [0.1, 0.15) is 17.8 Å². The summed E-state index contributed by atoms with van der Waals surface area (Å²) in [6, 6.07) is 8.90. The molecule has 14 heteroatoms. The summed E-state index contributed by atoms with van der Waals surface area (Å²) in [5, 5.41) is 19.1. The van der Waals surface area contributed by atoms with Crippen molar-refractivity contribution in [2.45, 2.75) is 30.8 Å². The molecular weight excluding hydrogens is 493 g/mol. The largest absolute Gasteiger partial charge is 0.573 e. The third-order valence-electron chi connectivity index (χ3n) is 4.60. The number of ether oxygens (including phenoxy) is 1. The highest BCUT2D eigenvalue weighted by molar-refractivity contribution is 8.00. The number of carbonyl (C=O) groups excluding carboxylic acids is 2. The summed E-state index contributed by atoms with van der Waals surface area (Å²) >= 11 is 0.893. The Bertz CT molecular complexity index is 1330. The number of fused-ring (bicyclic) bond motifs is 1. The maximum Gasteiger partial charge on any atom is 0.573 e. The molecule has 0 saturated carbocycles. The Morgan fingerprint density at radius 2 is 1.86 bits per heavy atom. The molecule has 1 atom stereocenters. The predicted molar refractivity (Wildman–Crippen MR) is 117 cm³/mol. The van der Waals surface area contributed by atoms with E-state index >= 15 is 0 Å². The van der Waals surface area contributed by atoms with E-state index in [0.717, 1.165) is 28.6 Å². The first kappa shape index (κ1) is 25.7. The summed E-state index contributed by atoms with van der Waals surface area (Å²) in [6.45, 7) is 1.13. The number of alkyl halides is 3. The maximum atomic E-state index is 12.8. The number of halogens is 3. The van der Waals surface area contributed by atoms with Gasteiger partial charge >= 0.3 is 12.3 Å². The Morgan fingerprint density at radius 1 is 1.17 bits per heavy atom. The van der Waals surface area contributed by atoms with Crippen LogP contribution in [0, 0.1) is 0 Å². The number of thioether (sulfide) groups is 1. The number of nitrogens with one attached hydrogen (secondary N) is 1. The Balaban J connectivity index is 1.69. The van der Waals surface area contributed by atoms with E-state index in [-0.39, 0.29) is 16.7 Å². The summed E-state index contributed by atoms with van der Waals surface area (Å²) in [6.07, 6.45) is -4.81. The number of aliphatic carboxylic acids is 1. The third kappa shape index (κ3) is 6.79. The Hall–Kier alpha value is -3.94. The van der Waals surface area contributed by atoms with Crippen LogP contribution in [0.5, 0.6) is 5.75 Å². The minimum atomic E-state index is -4.81. The van der Waals surface area contributed by atoms with E-state index < -0.39 is 47.9 Å². The molecule has 2 N–H and O–H groups in total. The molecule has 0 aliphatic carbocycles. The first-order chi connectivity index (χ1) is 16.4. The second-order valence-corrected chi connectivity index (χ2v) is 8.14. The number of nitrogens with zero attached hydrogens (tertiary/aromatic N) is 3. The van der Waals surface area contributed by atoms with Gasteiger partial charge in [0.25, 0.3) is 5.56 Å². The van der Waals surface area contributed by atoms with Crippen LogP contribution in [0.4, 0.5) is 13.2 Å². The van der Waals surface area contributed by atoms with Crippen LogP contribution in [0.3, 0.4) is 0 Å². The lowest BCUT2D eigenvalue weighted by molar-refractivity contribution is -0.274. The minimum Gasteiger partial charge on any atom is -0.475 e. The second-order valence-electron chi connectivity index (χ2n) is 7.13. The van der Waals surface area contributed by atoms with Gasteiger partial charge in [-0.3, -0.25) is 14.4 Å². The number of carbonyl (C=O) groups is 3. The van der Waals surface area contributed by atoms with Gasteiger partial charge in [-0.05, 0) is 36.8 Å². The van der Waals surface area contributed by atoms with Gasteiger partial charge in [0.05, 0.1) is 17.2 Å². The van der Waals surface area contributed by atoms with Crippen molar-refractivity contribution in [3.05, 3.63) is 58.4 Å². The number of carboxylic acids is 1. The van der Waals surface area contributed by atoms with Crippen LogP contribution in [0.25, 0.3) is 10.9 Å². The molecule has 1 amide bonds. The Kier molecular flexibility index (Phi) is 7.74. The van der Waals surface area contributed by atoms with Crippen LogP contribution in [-0.2, 0) is 20.9 Å². The summed E-state index contributed by atoms with van der Waals surface area (Å²) in [5.74, 6) is -3.94. The van der Waals surface area contributed by atoms with Crippen LogP contribution >= 0.6 is 11.8 Å². The van der Waals surface area contributed by atoms with Gasteiger partial charge in [-0.1, -0.05) is 23.4 Å².